The molecule has 5 heteroatoms. The fraction of sp³-hybridized carbons (Fsp3) is 0.500. The third kappa shape index (κ3) is 5.43. The molecular weight excluding hydrogens is 262 g/mol. The number of rotatable bonds is 5. The molecule has 1 atom stereocenters. The number of aliphatic hydroxyl groups is 2. The Hall–Kier alpha value is -1.35. The fourth-order valence-electron chi connectivity index (χ4n) is 1.40. The molecule has 0 aliphatic heterocycles. The molecule has 1 heterocycles. The van der Waals surface area contributed by atoms with Crippen LogP contribution in [0.15, 0.2) is 12.1 Å². The van der Waals surface area contributed by atoms with Crippen LogP contribution < -0.4 is 0 Å². The predicted octanol–water partition coefficient (Wildman–Crippen LogP) is 1.32. The standard InChI is InChI=1S/C14H19NO3S/c1-11(17)8-9-15(2)14(18)13-7-6-12(19-13)5-3-4-10-16/h6-7,11,16-17H,4,8-10H2,1-2H3. The number of carbonyl (C=O) groups is 1. The molecule has 0 fully saturated rings. The zero-order chi connectivity index (χ0) is 14.3. The lowest BCUT2D eigenvalue weighted by Crippen LogP contribution is -2.28. The minimum absolute atomic E-state index is 0.0479. The topological polar surface area (TPSA) is 60.8 Å². The van der Waals surface area contributed by atoms with Crippen LogP contribution in [0.3, 0.4) is 0 Å². The van der Waals surface area contributed by atoms with Gasteiger partial charge in [0.25, 0.3) is 5.91 Å². The molecule has 0 aliphatic rings. The Bertz CT molecular complexity index is 471. The van der Waals surface area contributed by atoms with E-state index >= 15 is 0 Å². The van der Waals surface area contributed by atoms with Gasteiger partial charge in [-0.15, -0.1) is 11.3 Å². The largest absolute Gasteiger partial charge is 0.395 e. The third-order valence-electron chi connectivity index (χ3n) is 2.49. The SMILES string of the molecule is CC(O)CCN(C)C(=O)c1ccc(C#CCCO)s1. The second kappa shape index (κ2) is 7.95. The zero-order valence-corrected chi connectivity index (χ0v) is 12.0. The summed E-state index contributed by atoms with van der Waals surface area (Å²) in [4.78, 5) is 15.1. The fourth-order valence-corrected chi connectivity index (χ4v) is 2.27. The minimum atomic E-state index is -0.404. The highest BCUT2D eigenvalue weighted by Gasteiger charge is 2.14. The van der Waals surface area contributed by atoms with Crippen molar-refractivity contribution in [3.63, 3.8) is 0 Å². The van der Waals surface area contributed by atoms with E-state index in [0.29, 0.717) is 24.3 Å². The number of thiophene rings is 1. The Morgan fingerprint density at radius 3 is 2.89 bits per heavy atom. The summed E-state index contributed by atoms with van der Waals surface area (Å²) in [6, 6.07) is 3.57. The maximum absolute atomic E-state index is 12.1. The Balaban J connectivity index is 2.60. The summed E-state index contributed by atoms with van der Waals surface area (Å²) in [5.74, 6) is 5.68. The van der Waals surface area contributed by atoms with Gasteiger partial charge in [-0.05, 0) is 25.5 Å². The molecule has 0 aromatic carbocycles. The number of hydrogen-bond acceptors (Lipinski definition) is 4. The number of aliphatic hydroxyl groups excluding tert-OH is 2. The van der Waals surface area contributed by atoms with Crippen molar-refractivity contribution in [2.24, 2.45) is 0 Å². The molecule has 0 spiro atoms. The van der Waals surface area contributed by atoms with Crippen molar-refractivity contribution in [1.29, 1.82) is 0 Å². The highest BCUT2D eigenvalue weighted by atomic mass is 32.1. The van der Waals surface area contributed by atoms with Crippen molar-refractivity contribution in [2.75, 3.05) is 20.2 Å². The molecule has 19 heavy (non-hydrogen) atoms. The Morgan fingerprint density at radius 2 is 2.26 bits per heavy atom. The van der Waals surface area contributed by atoms with E-state index in [1.54, 1.807) is 24.9 Å². The first kappa shape index (κ1) is 15.7. The molecule has 0 saturated carbocycles. The molecule has 1 unspecified atom stereocenters. The molecular formula is C14H19NO3S. The highest BCUT2D eigenvalue weighted by Crippen LogP contribution is 2.17. The van der Waals surface area contributed by atoms with Crippen LogP contribution in [-0.4, -0.2) is 47.3 Å². The first-order valence-corrected chi connectivity index (χ1v) is 6.99. The average Bonchev–Trinajstić information content (AvgIpc) is 2.84. The first-order chi connectivity index (χ1) is 9.04. The maximum atomic E-state index is 12.1. The molecule has 1 amide bonds. The molecule has 0 aliphatic carbocycles. The van der Waals surface area contributed by atoms with Crippen LogP contribution in [0, 0.1) is 11.8 Å². The number of carbonyl (C=O) groups excluding carboxylic acids is 1. The number of amides is 1. The zero-order valence-electron chi connectivity index (χ0n) is 11.2. The van der Waals surface area contributed by atoms with Crippen molar-refractivity contribution in [3.8, 4) is 11.8 Å². The van der Waals surface area contributed by atoms with Crippen molar-refractivity contribution in [1.82, 2.24) is 4.90 Å². The number of nitrogens with zero attached hydrogens (tertiary/aromatic N) is 1. The molecule has 104 valence electrons. The lowest BCUT2D eigenvalue weighted by atomic mass is 10.2. The van der Waals surface area contributed by atoms with Crippen LogP contribution in [0.4, 0.5) is 0 Å². The highest BCUT2D eigenvalue weighted by molar-refractivity contribution is 7.14. The van der Waals surface area contributed by atoms with E-state index in [1.165, 1.54) is 11.3 Å². The van der Waals surface area contributed by atoms with Gasteiger partial charge in [0.05, 0.1) is 22.5 Å². The summed E-state index contributed by atoms with van der Waals surface area (Å²) in [7, 11) is 1.72. The van der Waals surface area contributed by atoms with E-state index in [1.807, 2.05) is 6.07 Å². The summed E-state index contributed by atoms with van der Waals surface area (Å²) in [5, 5.41) is 17.8. The molecule has 0 saturated heterocycles. The van der Waals surface area contributed by atoms with Crippen LogP contribution in [0.2, 0.25) is 0 Å². The van der Waals surface area contributed by atoms with E-state index in [2.05, 4.69) is 11.8 Å². The van der Waals surface area contributed by atoms with Gasteiger partial charge in [0.1, 0.15) is 0 Å². The first-order valence-electron chi connectivity index (χ1n) is 6.17. The second-order valence-corrected chi connectivity index (χ2v) is 5.39. The monoisotopic (exact) mass is 281 g/mol. The lowest BCUT2D eigenvalue weighted by molar-refractivity contribution is 0.0773. The van der Waals surface area contributed by atoms with E-state index in [9.17, 15) is 9.90 Å². The van der Waals surface area contributed by atoms with Crippen LogP contribution in [0.1, 0.15) is 34.3 Å². The van der Waals surface area contributed by atoms with Gasteiger partial charge in [0, 0.05) is 20.0 Å². The van der Waals surface area contributed by atoms with Gasteiger partial charge in [0.15, 0.2) is 0 Å². The number of hydrogen-bond donors (Lipinski definition) is 2. The van der Waals surface area contributed by atoms with E-state index in [0.717, 1.165) is 4.88 Å². The smallest absolute Gasteiger partial charge is 0.263 e. The second-order valence-electron chi connectivity index (χ2n) is 4.30. The Labute approximate surface area is 117 Å². The van der Waals surface area contributed by atoms with Crippen LogP contribution in [0.25, 0.3) is 0 Å². The molecule has 2 N–H and O–H groups in total. The van der Waals surface area contributed by atoms with Gasteiger partial charge in [0.2, 0.25) is 0 Å². The van der Waals surface area contributed by atoms with Crippen molar-refractivity contribution >= 4 is 17.2 Å². The van der Waals surface area contributed by atoms with Gasteiger partial charge in [-0.25, -0.2) is 0 Å². The van der Waals surface area contributed by atoms with E-state index in [-0.39, 0.29) is 12.5 Å². The van der Waals surface area contributed by atoms with Gasteiger partial charge < -0.3 is 15.1 Å². The summed E-state index contributed by atoms with van der Waals surface area (Å²) in [5.41, 5.74) is 0. The molecule has 1 aromatic rings. The van der Waals surface area contributed by atoms with E-state index in [4.69, 9.17) is 5.11 Å². The van der Waals surface area contributed by atoms with Gasteiger partial charge in [-0.1, -0.05) is 11.8 Å². The average molecular weight is 281 g/mol. The molecule has 1 aromatic heterocycles. The summed E-state index contributed by atoms with van der Waals surface area (Å²) in [6.45, 7) is 2.28. The van der Waals surface area contributed by atoms with Crippen molar-refractivity contribution < 1.29 is 15.0 Å². The Morgan fingerprint density at radius 1 is 1.53 bits per heavy atom. The summed E-state index contributed by atoms with van der Waals surface area (Å²) < 4.78 is 0. The quantitative estimate of drug-likeness (QED) is 0.800. The maximum Gasteiger partial charge on any atom is 0.263 e. The molecule has 0 bridgehead atoms. The third-order valence-corrected chi connectivity index (χ3v) is 3.48. The molecule has 4 nitrogen and oxygen atoms in total. The molecule has 1 rings (SSSR count). The lowest BCUT2D eigenvalue weighted by Gasteiger charge is -2.16. The summed E-state index contributed by atoms with van der Waals surface area (Å²) in [6.07, 6.45) is 0.602. The summed E-state index contributed by atoms with van der Waals surface area (Å²) >= 11 is 1.35. The van der Waals surface area contributed by atoms with Crippen LogP contribution in [0.5, 0.6) is 0 Å². The van der Waals surface area contributed by atoms with Crippen molar-refractivity contribution in [2.45, 2.75) is 25.9 Å². The van der Waals surface area contributed by atoms with E-state index < -0.39 is 6.10 Å². The van der Waals surface area contributed by atoms with Crippen LogP contribution >= 0.6 is 11.3 Å². The van der Waals surface area contributed by atoms with Gasteiger partial charge in [-0.3, -0.25) is 4.79 Å². The minimum Gasteiger partial charge on any atom is -0.395 e. The predicted molar refractivity (Wildman–Crippen MR) is 76.2 cm³/mol. The normalized spacial score (nSPS) is 11.6. The Kier molecular flexibility index (Phi) is 6.57. The van der Waals surface area contributed by atoms with Crippen molar-refractivity contribution in [3.05, 3.63) is 21.9 Å². The van der Waals surface area contributed by atoms with Gasteiger partial charge in [-0.2, -0.15) is 0 Å². The molecule has 0 radical (unpaired) electrons. The van der Waals surface area contributed by atoms with Crippen LogP contribution in [-0.2, 0) is 0 Å². The van der Waals surface area contributed by atoms with Gasteiger partial charge >= 0.3 is 0 Å².